The Morgan fingerprint density at radius 2 is 2.02 bits per heavy atom. The van der Waals surface area contributed by atoms with Gasteiger partial charge in [0.25, 0.3) is 11.6 Å². The van der Waals surface area contributed by atoms with Gasteiger partial charge in [0, 0.05) is 30.2 Å². The first-order valence-electron chi connectivity index (χ1n) is 13.1. The van der Waals surface area contributed by atoms with Crippen molar-refractivity contribution >= 4 is 29.8 Å². The lowest BCUT2D eigenvalue weighted by Gasteiger charge is -2.28. The molecule has 4 amide bonds. The molecular formula is C27H33N5O8. The summed E-state index contributed by atoms with van der Waals surface area (Å²) in [5.74, 6) is -1.46. The van der Waals surface area contributed by atoms with E-state index in [1.165, 1.54) is 55.8 Å². The van der Waals surface area contributed by atoms with Gasteiger partial charge in [-0.3, -0.25) is 39.5 Å². The van der Waals surface area contributed by atoms with Gasteiger partial charge in [-0.2, -0.15) is 0 Å². The third-order valence-corrected chi connectivity index (χ3v) is 6.64. The number of pyridine rings is 1. The molecule has 3 N–H and O–H groups in total. The summed E-state index contributed by atoms with van der Waals surface area (Å²) in [6, 6.07) is 6.84. The SMILES string of the molecule is Cc1ccc(O)cc1C(=O)N(C=O)C1CCC(=O)NC1=O.O=[N+]([O-])c1ccc(OCCCCNC2CCC2)nc1. The number of hydrogen-bond donors (Lipinski definition) is 3. The van der Waals surface area contributed by atoms with Crippen LogP contribution >= 0.6 is 0 Å². The van der Waals surface area contributed by atoms with E-state index in [-0.39, 0.29) is 36.3 Å². The van der Waals surface area contributed by atoms with Gasteiger partial charge < -0.3 is 15.2 Å². The Morgan fingerprint density at radius 3 is 2.62 bits per heavy atom. The zero-order valence-corrected chi connectivity index (χ0v) is 22.2. The van der Waals surface area contributed by atoms with Crippen molar-refractivity contribution < 1.29 is 33.9 Å². The molecule has 2 heterocycles. The highest BCUT2D eigenvalue weighted by Gasteiger charge is 2.35. The van der Waals surface area contributed by atoms with Crippen LogP contribution in [-0.2, 0) is 14.4 Å². The van der Waals surface area contributed by atoms with Gasteiger partial charge in [0.2, 0.25) is 24.1 Å². The summed E-state index contributed by atoms with van der Waals surface area (Å²) in [4.78, 5) is 61.1. The van der Waals surface area contributed by atoms with Crippen LogP contribution in [0.25, 0.3) is 0 Å². The van der Waals surface area contributed by atoms with Crippen LogP contribution in [0.2, 0.25) is 0 Å². The molecule has 1 saturated heterocycles. The number of amides is 4. The minimum atomic E-state index is -1.02. The molecule has 1 atom stereocenters. The van der Waals surface area contributed by atoms with Crippen molar-refractivity contribution in [3.05, 3.63) is 57.8 Å². The van der Waals surface area contributed by atoms with E-state index >= 15 is 0 Å². The molecule has 13 nitrogen and oxygen atoms in total. The maximum Gasteiger partial charge on any atom is 0.287 e. The van der Waals surface area contributed by atoms with Crippen LogP contribution in [0.5, 0.6) is 11.6 Å². The van der Waals surface area contributed by atoms with Crippen LogP contribution in [0.4, 0.5) is 5.69 Å². The summed E-state index contributed by atoms with van der Waals surface area (Å²) < 4.78 is 5.43. The number of unbranched alkanes of at least 4 members (excludes halogenated alkanes) is 1. The van der Waals surface area contributed by atoms with Gasteiger partial charge in [-0.15, -0.1) is 0 Å². The van der Waals surface area contributed by atoms with E-state index in [2.05, 4.69) is 15.6 Å². The van der Waals surface area contributed by atoms with Gasteiger partial charge in [0.15, 0.2) is 0 Å². The van der Waals surface area contributed by atoms with Crippen molar-refractivity contribution in [3.63, 3.8) is 0 Å². The number of benzene rings is 1. The van der Waals surface area contributed by atoms with Crippen molar-refractivity contribution in [1.82, 2.24) is 20.5 Å². The Balaban J connectivity index is 0.000000222. The zero-order chi connectivity index (χ0) is 29.1. The van der Waals surface area contributed by atoms with E-state index in [1.54, 1.807) is 6.92 Å². The van der Waals surface area contributed by atoms with E-state index in [0.717, 1.165) is 30.3 Å². The summed E-state index contributed by atoms with van der Waals surface area (Å²) in [6.07, 6.45) is 7.64. The number of carbonyl (C=O) groups is 4. The molecule has 0 spiro atoms. The molecule has 1 unspecified atom stereocenters. The molecule has 0 radical (unpaired) electrons. The van der Waals surface area contributed by atoms with Gasteiger partial charge in [-0.25, -0.2) is 4.98 Å². The Morgan fingerprint density at radius 1 is 1.25 bits per heavy atom. The molecule has 0 bridgehead atoms. The van der Waals surface area contributed by atoms with Gasteiger partial charge >= 0.3 is 0 Å². The maximum atomic E-state index is 12.4. The molecule has 13 heteroatoms. The average Bonchev–Trinajstić information content (AvgIpc) is 2.90. The van der Waals surface area contributed by atoms with Crippen LogP contribution in [-0.4, -0.2) is 69.3 Å². The lowest BCUT2D eigenvalue weighted by Crippen LogP contribution is -2.53. The summed E-state index contributed by atoms with van der Waals surface area (Å²) in [6.45, 7) is 3.28. The zero-order valence-electron chi connectivity index (χ0n) is 22.2. The fourth-order valence-corrected chi connectivity index (χ4v) is 4.08. The molecule has 1 aromatic heterocycles. The van der Waals surface area contributed by atoms with E-state index < -0.39 is 28.7 Å². The predicted molar refractivity (Wildman–Crippen MR) is 143 cm³/mol. The maximum absolute atomic E-state index is 12.4. The number of imide groups is 2. The second-order valence-corrected chi connectivity index (χ2v) is 9.53. The topological polar surface area (TPSA) is 181 Å². The van der Waals surface area contributed by atoms with Gasteiger partial charge in [0.1, 0.15) is 18.0 Å². The quantitative estimate of drug-likeness (QED) is 0.122. The minimum Gasteiger partial charge on any atom is -0.508 e. The highest BCUT2D eigenvalue weighted by Crippen LogP contribution is 2.21. The Labute approximate surface area is 231 Å². The highest BCUT2D eigenvalue weighted by atomic mass is 16.6. The fraction of sp³-hybridized carbons (Fsp3) is 0.444. The van der Waals surface area contributed by atoms with Crippen LogP contribution in [0.15, 0.2) is 36.5 Å². The first-order chi connectivity index (χ1) is 19.2. The average molecular weight is 556 g/mol. The van der Waals surface area contributed by atoms with Crippen LogP contribution in [0.1, 0.15) is 60.9 Å². The van der Waals surface area contributed by atoms with E-state index in [4.69, 9.17) is 4.74 Å². The number of aryl methyl sites for hydroxylation is 1. The van der Waals surface area contributed by atoms with Gasteiger partial charge in [-0.1, -0.05) is 12.5 Å². The van der Waals surface area contributed by atoms with Crippen molar-refractivity contribution in [2.24, 2.45) is 0 Å². The van der Waals surface area contributed by atoms with E-state index in [0.29, 0.717) is 18.1 Å². The summed E-state index contributed by atoms with van der Waals surface area (Å²) in [5.41, 5.74) is 0.681. The van der Waals surface area contributed by atoms with Crippen LogP contribution < -0.4 is 15.4 Å². The molecule has 2 fully saturated rings. The molecule has 2 aromatic rings. The number of hydrogen-bond acceptors (Lipinski definition) is 10. The van der Waals surface area contributed by atoms with Crippen LogP contribution in [0.3, 0.4) is 0 Å². The third kappa shape index (κ3) is 8.56. The first-order valence-corrected chi connectivity index (χ1v) is 13.1. The predicted octanol–water partition coefficient (Wildman–Crippen LogP) is 2.40. The molecule has 214 valence electrons. The molecular weight excluding hydrogens is 522 g/mol. The molecule has 40 heavy (non-hydrogen) atoms. The van der Waals surface area contributed by atoms with Gasteiger partial charge in [-0.05, 0) is 63.3 Å². The fourth-order valence-electron chi connectivity index (χ4n) is 4.08. The smallest absolute Gasteiger partial charge is 0.287 e. The Kier molecular flexibility index (Phi) is 11.1. The normalized spacial score (nSPS) is 16.6. The number of nitrogens with one attached hydrogen (secondary N) is 2. The largest absolute Gasteiger partial charge is 0.508 e. The number of nitro groups is 1. The Bertz CT molecular complexity index is 1220. The number of aromatic hydroxyl groups is 1. The number of aromatic nitrogens is 1. The van der Waals surface area contributed by atoms with E-state index in [9.17, 15) is 34.4 Å². The number of ether oxygens (including phenoxy) is 1. The third-order valence-electron chi connectivity index (χ3n) is 6.64. The highest BCUT2D eigenvalue weighted by molar-refractivity contribution is 6.07. The number of phenols is 1. The lowest BCUT2D eigenvalue weighted by molar-refractivity contribution is -0.385. The number of nitrogens with zero attached hydrogens (tertiary/aromatic N) is 3. The molecule has 1 saturated carbocycles. The van der Waals surface area contributed by atoms with Crippen molar-refractivity contribution in [2.45, 2.75) is 64.0 Å². The lowest BCUT2D eigenvalue weighted by atomic mass is 9.93. The van der Waals surface area contributed by atoms with Crippen LogP contribution in [0, 0.1) is 17.0 Å². The summed E-state index contributed by atoms with van der Waals surface area (Å²) in [5, 5.41) is 25.5. The molecule has 1 aliphatic carbocycles. The van der Waals surface area contributed by atoms with Crippen molar-refractivity contribution in [3.8, 4) is 11.6 Å². The van der Waals surface area contributed by atoms with Crippen molar-refractivity contribution in [2.75, 3.05) is 13.2 Å². The Hall–Kier alpha value is -4.39. The second-order valence-electron chi connectivity index (χ2n) is 9.53. The summed E-state index contributed by atoms with van der Waals surface area (Å²) >= 11 is 0. The molecule has 2 aliphatic rings. The molecule has 1 aromatic carbocycles. The second kappa shape index (κ2) is 14.7. The molecule has 1 aliphatic heterocycles. The number of phenolic OH excluding ortho intramolecular Hbond substituents is 1. The minimum absolute atomic E-state index is 0.0166. The first kappa shape index (κ1) is 30.2. The number of piperidine rings is 1. The number of carbonyl (C=O) groups excluding carboxylic acids is 4. The number of rotatable bonds is 11. The monoisotopic (exact) mass is 555 g/mol. The standard InChI is InChI=1S/C14H14N2O5.C13H19N3O3/c1-8-2-3-9(18)6-10(8)14(21)16(7-17)11-4-5-12(19)15-13(11)20;17-16(18)12-6-7-13(15-10-12)19-9-2-1-8-14-11-4-3-5-11/h2-3,6-7,11,18H,4-5H2,1H3,(H,15,19,20);6-7,10-11,14H,1-5,8-9H2. The molecule has 4 rings (SSSR count). The van der Waals surface area contributed by atoms with E-state index in [1.807, 2.05) is 0 Å². The summed E-state index contributed by atoms with van der Waals surface area (Å²) in [7, 11) is 0. The van der Waals surface area contributed by atoms with Gasteiger partial charge in [0.05, 0.1) is 11.5 Å². The van der Waals surface area contributed by atoms with Crippen molar-refractivity contribution in [1.29, 1.82) is 0 Å².